The predicted molar refractivity (Wildman–Crippen MR) is 65.2 cm³/mol. The van der Waals surface area contributed by atoms with Gasteiger partial charge in [-0.3, -0.25) is 0 Å². The van der Waals surface area contributed by atoms with Gasteiger partial charge in [-0.1, -0.05) is 24.3 Å². The van der Waals surface area contributed by atoms with Crippen molar-refractivity contribution in [1.82, 2.24) is 5.32 Å². The average molecular weight is 223 g/mol. The van der Waals surface area contributed by atoms with Crippen LogP contribution in [0.1, 0.15) is 25.0 Å². The molecule has 1 aromatic rings. The Labute approximate surface area is 97.4 Å². The molecule has 1 rings (SSSR count). The van der Waals surface area contributed by atoms with Gasteiger partial charge in [0.2, 0.25) is 0 Å². The SMILES string of the molecule is COCC(C)(C)NCc1ccc(CO)cc1. The number of benzene rings is 1. The van der Waals surface area contributed by atoms with Crippen molar-refractivity contribution in [1.29, 1.82) is 0 Å². The Hall–Kier alpha value is -0.900. The van der Waals surface area contributed by atoms with Crippen molar-refractivity contribution in [3.05, 3.63) is 35.4 Å². The number of ether oxygens (including phenoxy) is 1. The molecule has 16 heavy (non-hydrogen) atoms. The first-order chi connectivity index (χ1) is 7.57. The number of aliphatic hydroxyl groups excluding tert-OH is 1. The van der Waals surface area contributed by atoms with Crippen molar-refractivity contribution < 1.29 is 9.84 Å². The summed E-state index contributed by atoms with van der Waals surface area (Å²) in [5.74, 6) is 0. The fourth-order valence-electron chi connectivity index (χ4n) is 1.52. The molecule has 0 saturated carbocycles. The topological polar surface area (TPSA) is 41.5 Å². The van der Waals surface area contributed by atoms with Crippen molar-refractivity contribution in [2.45, 2.75) is 32.5 Å². The molecule has 0 bridgehead atoms. The molecule has 0 aliphatic carbocycles. The van der Waals surface area contributed by atoms with Gasteiger partial charge in [-0.05, 0) is 25.0 Å². The fourth-order valence-corrected chi connectivity index (χ4v) is 1.52. The molecule has 0 amide bonds. The van der Waals surface area contributed by atoms with Crippen LogP contribution >= 0.6 is 0 Å². The van der Waals surface area contributed by atoms with E-state index in [2.05, 4.69) is 19.2 Å². The van der Waals surface area contributed by atoms with E-state index in [0.717, 1.165) is 12.1 Å². The average Bonchev–Trinajstić information content (AvgIpc) is 2.27. The van der Waals surface area contributed by atoms with Crippen LogP contribution in [0.15, 0.2) is 24.3 Å². The van der Waals surface area contributed by atoms with Crippen LogP contribution in [0.25, 0.3) is 0 Å². The van der Waals surface area contributed by atoms with E-state index in [-0.39, 0.29) is 12.1 Å². The monoisotopic (exact) mass is 223 g/mol. The van der Waals surface area contributed by atoms with E-state index in [9.17, 15) is 0 Å². The molecule has 0 aliphatic heterocycles. The van der Waals surface area contributed by atoms with Gasteiger partial charge in [0.25, 0.3) is 0 Å². The van der Waals surface area contributed by atoms with Gasteiger partial charge in [-0.2, -0.15) is 0 Å². The Balaban J connectivity index is 2.48. The molecule has 0 saturated heterocycles. The summed E-state index contributed by atoms with van der Waals surface area (Å²) in [6.07, 6.45) is 0. The third kappa shape index (κ3) is 4.31. The van der Waals surface area contributed by atoms with Crippen molar-refractivity contribution in [3.8, 4) is 0 Å². The van der Waals surface area contributed by atoms with Crippen molar-refractivity contribution in [3.63, 3.8) is 0 Å². The molecule has 0 spiro atoms. The summed E-state index contributed by atoms with van der Waals surface area (Å²) in [7, 11) is 1.71. The molecule has 1 aromatic carbocycles. The maximum Gasteiger partial charge on any atom is 0.0681 e. The lowest BCUT2D eigenvalue weighted by molar-refractivity contribution is 0.128. The normalized spacial score (nSPS) is 11.8. The molecule has 0 aliphatic rings. The summed E-state index contributed by atoms with van der Waals surface area (Å²) in [5, 5.41) is 12.4. The minimum absolute atomic E-state index is 0.0234. The van der Waals surface area contributed by atoms with Crippen molar-refractivity contribution >= 4 is 0 Å². The zero-order valence-corrected chi connectivity index (χ0v) is 10.3. The van der Waals surface area contributed by atoms with E-state index in [1.54, 1.807) is 7.11 Å². The molecule has 2 N–H and O–H groups in total. The Kier molecular flexibility index (Phi) is 4.93. The van der Waals surface area contributed by atoms with E-state index in [1.165, 1.54) is 5.56 Å². The molecule has 0 unspecified atom stereocenters. The second-order valence-electron chi connectivity index (χ2n) is 4.65. The second-order valence-corrected chi connectivity index (χ2v) is 4.65. The number of hydrogen-bond donors (Lipinski definition) is 2. The number of aliphatic hydroxyl groups is 1. The zero-order valence-electron chi connectivity index (χ0n) is 10.3. The van der Waals surface area contributed by atoms with Crippen LogP contribution in [0.4, 0.5) is 0 Å². The smallest absolute Gasteiger partial charge is 0.0681 e. The van der Waals surface area contributed by atoms with Crippen LogP contribution in [-0.4, -0.2) is 24.4 Å². The van der Waals surface area contributed by atoms with E-state index in [1.807, 2.05) is 24.3 Å². The van der Waals surface area contributed by atoms with Crippen LogP contribution in [-0.2, 0) is 17.9 Å². The quantitative estimate of drug-likeness (QED) is 0.771. The largest absolute Gasteiger partial charge is 0.392 e. The summed E-state index contributed by atoms with van der Waals surface area (Å²) < 4.78 is 5.14. The third-order valence-corrected chi connectivity index (χ3v) is 2.48. The first-order valence-corrected chi connectivity index (χ1v) is 5.50. The van der Waals surface area contributed by atoms with Gasteiger partial charge in [-0.25, -0.2) is 0 Å². The third-order valence-electron chi connectivity index (χ3n) is 2.48. The van der Waals surface area contributed by atoms with E-state index in [0.29, 0.717) is 6.61 Å². The molecule has 0 heterocycles. The van der Waals surface area contributed by atoms with E-state index >= 15 is 0 Å². The highest BCUT2D eigenvalue weighted by Crippen LogP contribution is 2.07. The highest BCUT2D eigenvalue weighted by atomic mass is 16.5. The lowest BCUT2D eigenvalue weighted by atomic mass is 10.1. The van der Waals surface area contributed by atoms with Crippen LogP contribution in [0, 0.1) is 0 Å². The van der Waals surface area contributed by atoms with Gasteiger partial charge >= 0.3 is 0 Å². The first-order valence-electron chi connectivity index (χ1n) is 5.50. The summed E-state index contributed by atoms with van der Waals surface area (Å²) in [4.78, 5) is 0. The van der Waals surface area contributed by atoms with Crippen molar-refractivity contribution in [2.75, 3.05) is 13.7 Å². The van der Waals surface area contributed by atoms with E-state index in [4.69, 9.17) is 9.84 Å². The lowest BCUT2D eigenvalue weighted by Gasteiger charge is -2.25. The Morgan fingerprint density at radius 3 is 2.25 bits per heavy atom. The molecule has 3 nitrogen and oxygen atoms in total. The molecule has 90 valence electrons. The summed E-state index contributed by atoms with van der Waals surface area (Å²) >= 11 is 0. The number of rotatable bonds is 6. The Morgan fingerprint density at radius 2 is 1.75 bits per heavy atom. The van der Waals surface area contributed by atoms with Crippen LogP contribution < -0.4 is 5.32 Å². The van der Waals surface area contributed by atoms with Gasteiger partial charge in [0, 0.05) is 19.2 Å². The van der Waals surface area contributed by atoms with Gasteiger partial charge in [-0.15, -0.1) is 0 Å². The van der Waals surface area contributed by atoms with Gasteiger partial charge in [0.15, 0.2) is 0 Å². The van der Waals surface area contributed by atoms with Gasteiger partial charge in [0.05, 0.1) is 13.2 Å². The minimum Gasteiger partial charge on any atom is -0.392 e. The van der Waals surface area contributed by atoms with Crippen LogP contribution in [0.5, 0.6) is 0 Å². The predicted octanol–water partition coefficient (Wildman–Crippen LogP) is 1.69. The molecular weight excluding hydrogens is 202 g/mol. The van der Waals surface area contributed by atoms with Crippen LogP contribution in [0.3, 0.4) is 0 Å². The first kappa shape index (κ1) is 13.2. The summed E-state index contributed by atoms with van der Waals surface area (Å²) in [6, 6.07) is 7.95. The number of hydrogen-bond acceptors (Lipinski definition) is 3. The lowest BCUT2D eigenvalue weighted by Crippen LogP contribution is -2.42. The summed E-state index contributed by atoms with van der Waals surface area (Å²) in [5.41, 5.74) is 2.13. The standard InChI is InChI=1S/C13H21NO2/c1-13(2,10-16-3)14-8-11-4-6-12(9-15)7-5-11/h4-7,14-15H,8-10H2,1-3H3. The summed E-state index contributed by atoms with van der Waals surface area (Å²) in [6.45, 7) is 5.81. The second kappa shape index (κ2) is 5.99. The Bertz CT molecular complexity index is 306. The zero-order chi connectivity index (χ0) is 12.0. The highest BCUT2D eigenvalue weighted by Gasteiger charge is 2.15. The number of nitrogens with one attached hydrogen (secondary N) is 1. The molecule has 3 heteroatoms. The van der Waals surface area contributed by atoms with Crippen LogP contribution in [0.2, 0.25) is 0 Å². The Morgan fingerprint density at radius 1 is 1.19 bits per heavy atom. The molecule has 0 radical (unpaired) electrons. The van der Waals surface area contributed by atoms with E-state index < -0.39 is 0 Å². The van der Waals surface area contributed by atoms with Gasteiger partial charge in [0.1, 0.15) is 0 Å². The minimum atomic E-state index is -0.0234. The molecular formula is C13H21NO2. The number of methoxy groups -OCH3 is 1. The molecule has 0 atom stereocenters. The molecule has 0 aromatic heterocycles. The molecule has 0 fully saturated rings. The maximum absolute atomic E-state index is 8.93. The maximum atomic E-state index is 8.93. The fraction of sp³-hybridized carbons (Fsp3) is 0.538. The van der Waals surface area contributed by atoms with Crippen molar-refractivity contribution in [2.24, 2.45) is 0 Å². The van der Waals surface area contributed by atoms with Gasteiger partial charge < -0.3 is 15.2 Å². The highest BCUT2D eigenvalue weighted by molar-refractivity contribution is 5.21.